The molecule has 0 radical (unpaired) electrons. The van der Waals surface area contributed by atoms with Crippen molar-refractivity contribution in [1.82, 2.24) is 15.1 Å². The highest BCUT2D eigenvalue weighted by Crippen LogP contribution is 2.36. The van der Waals surface area contributed by atoms with Gasteiger partial charge < -0.3 is 25.2 Å². The van der Waals surface area contributed by atoms with Crippen molar-refractivity contribution in [2.45, 2.75) is 51.8 Å². The highest BCUT2D eigenvalue weighted by Gasteiger charge is 2.42. The van der Waals surface area contributed by atoms with Gasteiger partial charge in [-0.05, 0) is 44.2 Å². The topological polar surface area (TPSA) is 91.0 Å². The van der Waals surface area contributed by atoms with Crippen LogP contribution in [0.15, 0.2) is 48.5 Å². The number of amides is 4. The van der Waals surface area contributed by atoms with E-state index in [4.69, 9.17) is 4.74 Å². The first-order chi connectivity index (χ1) is 16.2. The monoisotopic (exact) mass is 464 g/mol. The van der Waals surface area contributed by atoms with Crippen molar-refractivity contribution in [3.8, 4) is 5.75 Å². The Bertz CT molecular complexity index is 1060. The number of anilines is 1. The number of urea groups is 1. The lowest BCUT2D eigenvalue weighted by atomic mass is 9.90. The maximum absolute atomic E-state index is 13.1. The van der Waals surface area contributed by atoms with E-state index < -0.39 is 5.60 Å². The van der Waals surface area contributed by atoms with Gasteiger partial charge in [0.05, 0.1) is 13.1 Å². The van der Waals surface area contributed by atoms with Gasteiger partial charge in [-0.25, -0.2) is 4.79 Å². The van der Waals surface area contributed by atoms with Crippen LogP contribution in [0.4, 0.5) is 10.5 Å². The number of hydrogen-bond acceptors (Lipinski definition) is 4. The molecule has 1 saturated heterocycles. The summed E-state index contributed by atoms with van der Waals surface area (Å²) in [6, 6.07) is 14.7. The summed E-state index contributed by atoms with van der Waals surface area (Å²) >= 11 is 0. The summed E-state index contributed by atoms with van der Waals surface area (Å²) in [6.07, 6.45) is 1.25. The van der Waals surface area contributed by atoms with E-state index in [0.717, 1.165) is 11.3 Å². The molecule has 0 atom stereocenters. The molecule has 2 aromatic rings. The fourth-order valence-electron chi connectivity index (χ4n) is 4.55. The molecule has 2 aliphatic heterocycles. The van der Waals surface area contributed by atoms with Crippen LogP contribution in [0, 0.1) is 0 Å². The maximum Gasteiger partial charge on any atom is 0.318 e. The molecule has 4 amide bonds. The summed E-state index contributed by atoms with van der Waals surface area (Å²) in [6.45, 7) is 7.37. The number of benzene rings is 2. The molecule has 8 nitrogen and oxygen atoms in total. The summed E-state index contributed by atoms with van der Waals surface area (Å²) in [5, 5.41) is 5.71. The third kappa shape index (κ3) is 5.32. The normalized spacial score (nSPS) is 16.9. The zero-order valence-corrected chi connectivity index (χ0v) is 20.0. The molecular weight excluding hydrogens is 432 g/mol. The minimum Gasteiger partial charge on any atom is -0.485 e. The first-order valence-corrected chi connectivity index (χ1v) is 11.7. The van der Waals surface area contributed by atoms with E-state index in [1.165, 1.54) is 6.92 Å². The third-order valence-corrected chi connectivity index (χ3v) is 6.25. The molecule has 2 N–H and O–H groups in total. The minimum atomic E-state index is -0.549. The van der Waals surface area contributed by atoms with Gasteiger partial charge in [-0.15, -0.1) is 0 Å². The minimum absolute atomic E-state index is 0.0411. The molecule has 2 heterocycles. The Kier molecular flexibility index (Phi) is 6.77. The Morgan fingerprint density at radius 3 is 2.29 bits per heavy atom. The van der Waals surface area contributed by atoms with Crippen molar-refractivity contribution < 1.29 is 19.1 Å². The standard InChI is InChI=1S/C26H32N4O4/c1-18(2)27-25(33)30-16-21-6-4-5-7-23(21)34-26(17-30)12-14-29(15-13-26)24(32)20-8-10-22(11-9-20)28-19(3)31/h4-11,18H,12-17H2,1-3H3,(H,27,33)(H,28,31). The number of nitrogens with zero attached hydrogens (tertiary/aromatic N) is 2. The maximum atomic E-state index is 13.1. The fourth-order valence-corrected chi connectivity index (χ4v) is 4.55. The molecule has 4 rings (SSSR count). The number of fused-ring (bicyclic) bond motifs is 1. The van der Waals surface area contributed by atoms with E-state index in [0.29, 0.717) is 50.3 Å². The van der Waals surface area contributed by atoms with Gasteiger partial charge in [0.1, 0.15) is 11.4 Å². The molecule has 34 heavy (non-hydrogen) atoms. The Labute approximate surface area is 200 Å². The van der Waals surface area contributed by atoms with Gasteiger partial charge in [0.15, 0.2) is 0 Å². The number of hydrogen-bond donors (Lipinski definition) is 2. The third-order valence-electron chi connectivity index (χ3n) is 6.25. The number of likely N-dealkylation sites (tertiary alicyclic amines) is 1. The van der Waals surface area contributed by atoms with Crippen LogP contribution < -0.4 is 15.4 Å². The van der Waals surface area contributed by atoms with E-state index >= 15 is 0 Å². The van der Waals surface area contributed by atoms with Crippen molar-refractivity contribution in [3.05, 3.63) is 59.7 Å². The van der Waals surface area contributed by atoms with Crippen molar-refractivity contribution in [2.24, 2.45) is 0 Å². The number of carbonyl (C=O) groups is 3. The van der Waals surface area contributed by atoms with E-state index in [2.05, 4.69) is 10.6 Å². The first-order valence-electron chi connectivity index (χ1n) is 11.7. The quantitative estimate of drug-likeness (QED) is 0.726. The molecule has 2 aliphatic rings. The first kappa shape index (κ1) is 23.6. The molecule has 8 heteroatoms. The summed E-state index contributed by atoms with van der Waals surface area (Å²) in [5.74, 6) is 0.602. The summed E-state index contributed by atoms with van der Waals surface area (Å²) in [4.78, 5) is 40.9. The van der Waals surface area contributed by atoms with E-state index in [9.17, 15) is 14.4 Å². The second-order valence-corrected chi connectivity index (χ2v) is 9.40. The van der Waals surface area contributed by atoms with Gasteiger partial charge in [0, 0.05) is 55.7 Å². The highest BCUT2D eigenvalue weighted by molar-refractivity contribution is 5.95. The lowest BCUT2D eigenvalue weighted by Crippen LogP contribution is -2.56. The average Bonchev–Trinajstić information content (AvgIpc) is 2.95. The van der Waals surface area contributed by atoms with Gasteiger partial charge in [0.25, 0.3) is 5.91 Å². The predicted octanol–water partition coefficient (Wildman–Crippen LogP) is 3.63. The van der Waals surface area contributed by atoms with Gasteiger partial charge in [-0.2, -0.15) is 0 Å². The molecule has 180 valence electrons. The van der Waals surface area contributed by atoms with E-state index in [-0.39, 0.29) is 23.9 Å². The van der Waals surface area contributed by atoms with Gasteiger partial charge in [0.2, 0.25) is 5.91 Å². The van der Waals surface area contributed by atoms with Crippen LogP contribution in [-0.4, -0.2) is 58.9 Å². The smallest absolute Gasteiger partial charge is 0.318 e. The van der Waals surface area contributed by atoms with Crippen LogP contribution in [0.25, 0.3) is 0 Å². The molecule has 1 fully saturated rings. The highest BCUT2D eigenvalue weighted by atomic mass is 16.5. The van der Waals surface area contributed by atoms with Crippen molar-refractivity contribution in [2.75, 3.05) is 25.0 Å². The Balaban J connectivity index is 1.48. The largest absolute Gasteiger partial charge is 0.485 e. The lowest BCUT2D eigenvalue weighted by Gasteiger charge is -2.42. The number of ether oxygens (including phenoxy) is 1. The van der Waals surface area contributed by atoms with Crippen molar-refractivity contribution in [3.63, 3.8) is 0 Å². The Morgan fingerprint density at radius 2 is 1.65 bits per heavy atom. The molecule has 2 aromatic carbocycles. The number of para-hydroxylation sites is 1. The SMILES string of the molecule is CC(=O)Nc1ccc(C(=O)N2CCC3(CC2)CN(C(=O)NC(C)C)Cc2ccccc2O3)cc1. The van der Waals surface area contributed by atoms with Crippen LogP contribution in [-0.2, 0) is 11.3 Å². The molecule has 1 spiro atoms. The number of nitrogens with one attached hydrogen (secondary N) is 2. The van der Waals surface area contributed by atoms with Crippen LogP contribution in [0.1, 0.15) is 49.5 Å². The number of piperidine rings is 1. The average molecular weight is 465 g/mol. The van der Waals surface area contributed by atoms with Crippen LogP contribution in [0.3, 0.4) is 0 Å². The summed E-state index contributed by atoms with van der Waals surface area (Å²) in [7, 11) is 0. The molecular formula is C26H32N4O4. The van der Waals surface area contributed by atoms with Crippen LogP contribution in [0.2, 0.25) is 0 Å². The summed E-state index contributed by atoms with van der Waals surface area (Å²) < 4.78 is 6.56. The zero-order chi connectivity index (χ0) is 24.3. The molecule has 0 aromatic heterocycles. The number of carbonyl (C=O) groups excluding carboxylic acids is 3. The van der Waals surface area contributed by atoms with Gasteiger partial charge in [-0.1, -0.05) is 18.2 Å². The Hall–Kier alpha value is -3.55. The van der Waals surface area contributed by atoms with E-state index in [1.807, 2.05) is 47.9 Å². The predicted molar refractivity (Wildman–Crippen MR) is 130 cm³/mol. The second-order valence-electron chi connectivity index (χ2n) is 9.40. The van der Waals surface area contributed by atoms with Crippen molar-refractivity contribution in [1.29, 1.82) is 0 Å². The van der Waals surface area contributed by atoms with Crippen LogP contribution in [0.5, 0.6) is 5.75 Å². The van der Waals surface area contributed by atoms with Crippen LogP contribution >= 0.6 is 0 Å². The summed E-state index contributed by atoms with van der Waals surface area (Å²) in [5.41, 5.74) is 1.67. The van der Waals surface area contributed by atoms with Crippen molar-refractivity contribution >= 4 is 23.5 Å². The zero-order valence-electron chi connectivity index (χ0n) is 20.0. The Morgan fingerprint density at radius 1 is 0.971 bits per heavy atom. The second kappa shape index (κ2) is 9.75. The van der Waals surface area contributed by atoms with E-state index in [1.54, 1.807) is 24.3 Å². The molecule has 0 bridgehead atoms. The lowest BCUT2D eigenvalue weighted by molar-refractivity contribution is -0.114. The molecule has 0 aliphatic carbocycles. The molecule has 0 saturated carbocycles. The molecule has 0 unspecified atom stereocenters. The number of rotatable bonds is 3. The van der Waals surface area contributed by atoms with Gasteiger partial charge in [-0.3, -0.25) is 9.59 Å². The van der Waals surface area contributed by atoms with Gasteiger partial charge >= 0.3 is 6.03 Å². The fraction of sp³-hybridized carbons (Fsp3) is 0.423.